The van der Waals surface area contributed by atoms with E-state index < -0.39 is 0 Å². The van der Waals surface area contributed by atoms with Gasteiger partial charge in [0.05, 0.1) is 5.41 Å². The Morgan fingerprint density at radius 1 is 0.840 bits per heavy atom. The van der Waals surface area contributed by atoms with Crippen molar-refractivity contribution in [3.05, 3.63) is 71.8 Å². The van der Waals surface area contributed by atoms with Crippen molar-refractivity contribution >= 4 is 5.91 Å². The van der Waals surface area contributed by atoms with Gasteiger partial charge in [-0.15, -0.1) is 0 Å². The predicted octanol–water partition coefficient (Wildman–Crippen LogP) is 3.45. The van der Waals surface area contributed by atoms with Crippen LogP contribution in [0.15, 0.2) is 60.7 Å². The first-order valence-electron chi connectivity index (χ1n) is 9.39. The monoisotopic (exact) mass is 334 g/mol. The molecule has 0 spiro atoms. The standard InChI is InChI=1S/C22H26N2O/c25-21(22(12-13-22)20-10-5-2-6-11-20)24-15-7-14-23(16-17-24)18-19-8-3-1-4-9-19/h1-6,8-11H,7,12-18H2. The van der Waals surface area contributed by atoms with E-state index in [4.69, 9.17) is 0 Å². The van der Waals surface area contributed by atoms with Gasteiger partial charge in [0.25, 0.3) is 0 Å². The quantitative estimate of drug-likeness (QED) is 0.855. The van der Waals surface area contributed by atoms with Crippen molar-refractivity contribution in [3.63, 3.8) is 0 Å². The van der Waals surface area contributed by atoms with Gasteiger partial charge in [-0.25, -0.2) is 0 Å². The lowest BCUT2D eigenvalue weighted by Gasteiger charge is -2.26. The van der Waals surface area contributed by atoms with Crippen LogP contribution < -0.4 is 0 Å². The summed E-state index contributed by atoms with van der Waals surface area (Å²) in [7, 11) is 0. The average Bonchev–Trinajstić information content (AvgIpc) is 3.48. The number of benzene rings is 2. The van der Waals surface area contributed by atoms with Crippen molar-refractivity contribution in [3.8, 4) is 0 Å². The van der Waals surface area contributed by atoms with Gasteiger partial charge in [0.2, 0.25) is 5.91 Å². The van der Waals surface area contributed by atoms with Gasteiger partial charge < -0.3 is 4.90 Å². The molecular formula is C22H26N2O. The van der Waals surface area contributed by atoms with E-state index in [0.29, 0.717) is 5.91 Å². The van der Waals surface area contributed by atoms with Gasteiger partial charge in [0.15, 0.2) is 0 Å². The first kappa shape index (κ1) is 16.3. The van der Waals surface area contributed by atoms with Crippen molar-refractivity contribution in [2.75, 3.05) is 26.2 Å². The molecule has 130 valence electrons. The lowest BCUT2D eigenvalue weighted by atomic mass is 9.94. The summed E-state index contributed by atoms with van der Waals surface area (Å²) >= 11 is 0. The van der Waals surface area contributed by atoms with Crippen LogP contribution in [0.25, 0.3) is 0 Å². The first-order valence-corrected chi connectivity index (χ1v) is 9.39. The number of amides is 1. The Balaban J connectivity index is 1.40. The Kier molecular flexibility index (Phi) is 4.58. The van der Waals surface area contributed by atoms with Crippen LogP contribution in [-0.4, -0.2) is 41.9 Å². The molecule has 3 heteroatoms. The molecule has 2 aromatic rings. The zero-order valence-electron chi connectivity index (χ0n) is 14.7. The van der Waals surface area contributed by atoms with Crippen LogP contribution in [0.3, 0.4) is 0 Å². The Hall–Kier alpha value is -2.13. The molecule has 0 atom stereocenters. The van der Waals surface area contributed by atoms with E-state index in [1.165, 1.54) is 11.1 Å². The second-order valence-corrected chi connectivity index (χ2v) is 7.36. The van der Waals surface area contributed by atoms with Crippen LogP contribution >= 0.6 is 0 Å². The van der Waals surface area contributed by atoms with Gasteiger partial charge in [0.1, 0.15) is 0 Å². The Morgan fingerprint density at radius 2 is 1.52 bits per heavy atom. The molecule has 1 saturated heterocycles. The molecule has 1 amide bonds. The van der Waals surface area contributed by atoms with Crippen LogP contribution in [0.5, 0.6) is 0 Å². The molecule has 2 aromatic carbocycles. The molecule has 0 unspecified atom stereocenters. The van der Waals surface area contributed by atoms with Gasteiger partial charge in [-0.3, -0.25) is 9.69 Å². The summed E-state index contributed by atoms with van der Waals surface area (Å²) in [4.78, 5) is 17.8. The molecule has 0 N–H and O–H groups in total. The summed E-state index contributed by atoms with van der Waals surface area (Å²) < 4.78 is 0. The van der Waals surface area contributed by atoms with E-state index in [-0.39, 0.29) is 5.41 Å². The summed E-state index contributed by atoms with van der Waals surface area (Å²) in [5.74, 6) is 0.347. The highest BCUT2D eigenvalue weighted by Crippen LogP contribution is 2.49. The zero-order valence-corrected chi connectivity index (χ0v) is 14.7. The van der Waals surface area contributed by atoms with Crippen LogP contribution in [0.4, 0.5) is 0 Å². The summed E-state index contributed by atoms with van der Waals surface area (Å²) in [6, 6.07) is 21.0. The van der Waals surface area contributed by atoms with E-state index in [0.717, 1.165) is 52.0 Å². The SMILES string of the molecule is O=C(N1CCCN(Cc2ccccc2)CC1)C1(c2ccccc2)CC1. The topological polar surface area (TPSA) is 23.6 Å². The maximum absolute atomic E-state index is 13.2. The number of carbonyl (C=O) groups excluding carboxylic acids is 1. The fourth-order valence-corrected chi connectivity index (χ4v) is 3.98. The van der Waals surface area contributed by atoms with Crippen LogP contribution in [0.2, 0.25) is 0 Å². The molecular weight excluding hydrogens is 308 g/mol. The molecule has 0 bridgehead atoms. The van der Waals surface area contributed by atoms with E-state index in [2.05, 4.69) is 52.3 Å². The molecule has 25 heavy (non-hydrogen) atoms. The van der Waals surface area contributed by atoms with Gasteiger partial charge >= 0.3 is 0 Å². The summed E-state index contributed by atoms with van der Waals surface area (Å²) in [5, 5.41) is 0. The lowest BCUT2D eigenvalue weighted by Crippen LogP contribution is -2.41. The molecule has 4 rings (SSSR count). The van der Waals surface area contributed by atoms with Crippen molar-refractivity contribution < 1.29 is 4.79 Å². The Labute approximate surface area is 150 Å². The summed E-state index contributed by atoms with van der Waals surface area (Å²) in [6.45, 7) is 4.74. The van der Waals surface area contributed by atoms with E-state index in [1.54, 1.807) is 0 Å². The number of hydrogen-bond donors (Lipinski definition) is 0. The minimum absolute atomic E-state index is 0.226. The predicted molar refractivity (Wildman–Crippen MR) is 100 cm³/mol. The molecule has 2 aliphatic rings. The van der Waals surface area contributed by atoms with Crippen LogP contribution in [-0.2, 0) is 16.8 Å². The molecule has 1 aliphatic heterocycles. The molecule has 1 heterocycles. The second kappa shape index (κ2) is 7.01. The summed E-state index contributed by atoms with van der Waals surface area (Å²) in [6.07, 6.45) is 3.06. The van der Waals surface area contributed by atoms with Crippen LogP contribution in [0.1, 0.15) is 30.4 Å². The van der Waals surface area contributed by atoms with E-state index >= 15 is 0 Å². The molecule has 3 nitrogen and oxygen atoms in total. The zero-order chi connectivity index (χ0) is 17.1. The number of nitrogens with zero attached hydrogens (tertiary/aromatic N) is 2. The summed E-state index contributed by atoms with van der Waals surface area (Å²) in [5.41, 5.74) is 2.33. The largest absolute Gasteiger partial charge is 0.341 e. The lowest BCUT2D eigenvalue weighted by molar-refractivity contribution is -0.133. The third-order valence-electron chi connectivity index (χ3n) is 5.61. The molecule has 1 saturated carbocycles. The smallest absolute Gasteiger partial charge is 0.233 e. The third-order valence-corrected chi connectivity index (χ3v) is 5.61. The first-order chi connectivity index (χ1) is 12.3. The highest BCUT2D eigenvalue weighted by atomic mass is 16.2. The Bertz CT molecular complexity index is 709. The number of rotatable bonds is 4. The van der Waals surface area contributed by atoms with Gasteiger partial charge in [-0.2, -0.15) is 0 Å². The minimum atomic E-state index is -0.226. The highest BCUT2D eigenvalue weighted by molar-refractivity contribution is 5.91. The number of carbonyl (C=O) groups is 1. The van der Waals surface area contributed by atoms with Gasteiger partial charge in [0, 0.05) is 32.7 Å². The van der Waals surface area contributed by atoms with Crippen molar-refractivity contribution in [1.29, 1.82) is 0 Å². The van der Waals surface area contributed by atoms with Gasteiger partial charge in [-0.05, 0) is 30.4 Å². The minimum Gasteiger partial charge on any atom is -0.341 e. The molecule has 2 fully saturated rings. The maximum atomic E-state index is 13.2. The van der Waals surface area contributed by atoms with Crippen molar-refractivity contribution in [2.45, 2.75) is 31.2 Å². The molecule has 0 aromatic heterocycles. The molecule has 0 radical (unpaired) electrons. The fourth-order valence-electron chi connectivity index (χ4n) is 3.98. The average molecular weight is 334 g/mol. The molecule has 1 aliphatic carbocycles. The van der Waals surface area contributed by atoms with Crippen molar-refractivity contribution in [2.24, 2.45) is 0 Å². The second-order valence-electron chi connectivity index (χ2n) is 7.36. The number of hydrogen-bond acceptors (Lipinski definition) is 2. The Morgan fingerprint density at radius 3 is 2.20 bits per heavy atom. The van der Waals surface area contributed by atoms with Crippen molar-refractivity contribution in [1.82, 2.24) is 9.80 Å². The van der Waals surface area contributed by atoms with E-state index in [1.807, 2.05) is 18.2 Å². The van der Waals surface area contributed by atoms with E-state index in [9.17, 15) is 4.79 Å². The fraction of sp³-hybridized carbons (Fsp3) is 0.409. The maximum Gasteiger partial charge on any atom is 0.233 e. The van der Waals surface area contributed by atoms with Crippen LogP contribution in [0, 0.1) is 0 Å². The third kappa shape index (κ3) is 3.47. The highest BCUT2D eigenvalue weighted by Gasteiger charge is 2.52. The normalized spacial score (nSPS) is 20.1. The van der Waals surface area contributed by atoms with Gasteiger partial charge in [-0.1, -0.05) is 60.7 Å².